The number of benzene rings is 1. The first-order valence-electron chi connectivity index (χ1n) is 4.96. The average Bonchev–Trinajstić information content (AvgIpc) is 2.31. The Labute approximate surface area is 114 Å². The van der Waals surface area contributed by atoms with Gasteiger partial charge in [-0.3, -0.25) is 10.1 Å². The van der Waals surface area contributed by atoms with E-state index in [0.717, 1.165) is 12.1 Å². The van der Waals surface area contributed by atoms with Crippen LogP contribution in [0.4, 0.5) is 14.5 Å². The van der Waals surface area contributed by atoms with Crippen LogP contribution in [-0.2, 0) is 9.53 Å². The summed E-state index contributed by atoms with van der Waals surface area (Å²) in [6.45, 7) is 1.08. The van der Waals surface area contributed by atoms with Crippen LogP contribution in [0.1, 0.15) is 6.92 Å². The second-order valence-corrected chi connectivity index (χ2v) is 4.12. The smallest absolute Gasteiger partial charge is 0.459 e. The molecule has 0 bridgehead atoms. The molecule has 0 atom stereocenters. The van der Waals surface area contributed by atoms with Gasteiger partial charge in [0.25, 0.3) is 0 Å². The number of halogens is 3. The Morgan fingerprint density at radius 2 is 2.16 bits per heavy atom. The predicted octanol–water partition coefficient (Wildman–Crippen LogP) is 2.89. The minimum absolute atomic E-state index is 0.264. The fourth-order valence-electron chi connectivity index (χ4n) is 1.11. The molecule has 1 rings (SSSR count). The molecule has 9 heteroatoms. The van der Waals surface area contributed by atoms with Crippen molar-refractivity contribution in [1.82, 2.24) is 0 Å². The van der Waals surface area contributed by atoms with Crippen molar-refractivity contribution < 1.29 is 28.0 Å². The van der Waals surface area contributed by atoms with Crippen molar-refractivity contribution in [3.63, 3.8) is 0 Å². The van der Waals surface area contributed by atoms with E-state index < -0.39 is 28.4 Å². The Morgan fingerprint density at radius 1 is 1.53 bits per heavy atom. The zero-order valence-corrected chi connectivity index (χ0v) is 11.1. The van der Waals surface area contributed by atoms with Crippen molar-refractivity contribution in [2.45, 2.75) is 13.0 Å². The SMILES string of the molecule is CCOC(=O)C(F)(F)Oc1ccc(Br)cc1[N+](=O)[O-]. The van der Waals surface area contributed by atoms with Crippen molar-refractivity contribution in [1.29, 1.82) is 0 Å². The van der Waals surface area contributed by atoms with E-state index in [4.69, 9.17) is 0 Å². The summed E-state index contributed by atoms with van der Waals surface area (Å²) in [6, 6.07) is 3.20. The number of esters is 1. The molecular formula is C10H8BrF2NO5. The van der Waals surface area contributed by atoms with Crippen molar-refractivity contribution in [3.05, 3.63) is 32.8 Å². The minimum Gasteiger partial charge on any atom is -0.459 e. The van der Waals surface area contributed by atoms with Gasteiger partial charge < -0.3 is 9.47 Å². The molecule has 0 radical (unpaired) electrons. The first-order valence-corrected chi connectivity index (χ1v) is 5.75. The first kappa shape index (κ1) is 15.3. The number of hydrogen-bond donors (Lipinski definition) is 0. The summed E-state index contributed by atoms with van der Waals surface area (Å²) < 4.78 is 35.1. The summed E-state index contributed by atoms with van der Waals surface area (Å²) >= 11 is 2.96. The van der Waals surface area contributed by atoms with Gasteiger partial charge >= 0.3 is 17.8 Å². The van der Waals surface area contributed by atoms with Crippen LogP contribution in [-0.4, -0.2) is 23.6 Å². The zero-order chi connectivity index (χ0) is 14.6. The second-order valence-electron chi connectivity index (χ2n) is 3.21. The molecule has 0 spiro atoms. The van der Waals surface area contributed by atoms with Gasteiger partial charge in [0.1, 0.15) is 0 Å². The lowest BCUT2D eigenvalue weighted by atomic mass is 10.3. The number of alkyl halides is 2. The third-order valence-electron chi connectivity index (χ3n) is 1.87. The van der Waals surface area contributed by atoms with Gasteiger partial charge in [-0.05, 0) is 19.1 Å². The van der Waals surface area contributed by atoms with Crippen molar-refractivity contribution in [2.24, 2.45) is 0 Å². The zero-order valence-electron chi connectivity index (χ0n) is 9.56. The van der Waals surface area contributed by atoms with Gasteiger partial charge in [-0.2, -0.15) is 8.78 Å². The number of rotatable bonds is 5. The van der Waals surface area contributed by atoms with Crippen LogP contribution in [0.25, 0.3) is 0 Å². The van der Waals surface area contributed by atoms with Crippen LogP contribution in [0.15, 0.2) is 22.7 Å². The highest BCUT2D eigenvalue weighted by Gasteiger charge is 2.45. The Balaban J connectivity index is 3.05. The molecule has 0 saturated heterocycles. The van der Waals surface area contributed by atoms with Gasteiger partial charge in [-0.25, -0.2) is 4.79 Å². The lowest BCUT2D eigenvalue weighted by Gasteiger charge is -2.15. The van der Waals surface area contributed by atoms with E-state index in [1.54, 1.807) is 0 Å². The molecule has 0 amide bonds. The molecule has 0 unspecified atom stereocenters. The number of carbonyl (C=O) groups is 1. The maximum atomic E-state index is 13.3. The number of ether oxygens (including phenoxy) is 2. The number of carbonyl (C=O) groups excluding carboxylic acids is 1. The van der Waals surface area contributed by atoms with Crippen LogP contribution < -0.4 is 4.74 Å². The first-order chi connectivity index (χ1) is 8.77. The van der Waals surface area contributed by atoms with Gasteiger partial charge in [-0.15, -0.1) is 0 Å². The van der Waals surface area contributed by atoms with Crippen molar-refractivity contribution >= 4 is 27.6 Å². The number of hydrogen-bond acceptors (Lipinski definition) is 5. The summed E-state index contributed by atoms with van der Waals surface area (Å²) in [6.07, 6.45) is -4.30. The maximum absolute atomic E-state index is 13.3. The van der Waals surface area contributed by atoms with Crippen LogP contribution in [0.3, 0.4) is 0 Å². The second kappa shape index (κ2) is 5.91. The molecule has 0 saturated carbocycles. The van der Waals surface area contributed by atoms with Gasteiger partial charge in [0.05, 0.1) is 11.5 Å². The summed E-state index contributed by atoms with van der Waals surface area (Å²) in [5.74, 6) is -2.64. The number of nitro groups is 1. The maximum Gasteiger partial charge on any atom is 0.502 e. The van der Waals surface area contributed by atoms with Gasteiger partial charge in [0.15, 0.2) is 0 Å². The molecule has 6 nitrogen and oxygen atoms in total. The molecular weight excluding hydrogens is 332 g/mol. The van der Waals surface area contributed by atoms with E-state index in [2.05, 4.69) is 25.4 Å². The van der Waals surface area contributed by atoms with Crippen LogP contribution >= 0.6 is 15.9 Å². The van der Waals surface area contributed by atoms with Gasteiger partial charge in [0.2, 0.25) is 5.75 Å². The summed E-state index contributed by atoms with van der Waals surface area (Å²) in [5, 5.41) is 10.7. The number of nitrogens with zero attached hydrogens (tertiary/aromatic N) is 1. The molecule has 0 heterocycles. The Hall–Kier alpha value is -1.77. The normalized spacial score (nSPS) is 10.9. The molecule has 0 N–H and O–H groups in total. The molecule has 19 heavy (non-hydrogen) atoms. The highest BCUT2D eigenvalue weighted by atomic mass is 79.9. The quantitative estimate of drug-likeness (QED) is 0.468. The molecule has 0 aromatic heterocycles. The fourth-order valence-corrected chi connectivity index (χ4v) is 1.46. The molecule has 0 aliphatic carbocycles. The third kappa shape index (κ3) is 3.85. The summed E-state index contributed by atoms with van der Waals surface area (Å²) in [5.41, 5.74) is -0.696. The molecule has 104 valence electrons. The van der Waals surface area contributed by atoms with Crippen LogP contribution in [0, 0.1) is 10.1 Å². The van der Waals surface area contributed by atoms with Crippen molar-refractivity contribution in [2.75, 3.05) is 6.61 Å². The molecule has 0 aliphatic rings. The van der Waals surface area contributed by atoms with Gasteiger partial charge in [-0.1, -0.05) is 15.9 Å². The fraction of sp³-hybridized carbons (Fsp3) is 0.300. The molecule has 0 fully saturated rings. The van der Waals surface area contributed by atoms with E-state index >= 15 is 0 Å². The van der Waals surface area contributed by atoms with E-state index in [1.807, 2.05) is 0 Å². The van der Waals surface area contributed by atoms with E-state index in [9.17, 15) is 23.7 Å². The monoisotopic (exact) mass is 339 g/mol. The van der Waals surface area contributed by atoms with E-state index in [-0.39, 0.29) is 6.61 Å². The topological polar surface area (TPSA) is 78.7 Å². The summed E-state index contributed by atoms with van der Waals surface area (Å²) in [7, 11) is 0. The standard InChI is InChI=1S/C10H8BrF2NO5/c1-2-18-9(15)10(12,13)19-8-4-3-6(11)5-7(8)14(16)17/h3-5H,2H2,1H3. The molecule has 1 aromatic carbocycles. The van der Waals surface area contributed by atoms with E-state index in [1.165, 1.54) is 13.0 Å². The minimum atomic E-state index is -4.30. The summed E-state index contributed by atoms with van der Waals surface area (Å²) in [4.78, 5) is 20.7. The highest BCUT2D eigenvalue weighted by molar-refractivity contribution is 9.10. The third-order valence-corrected chi connectivity index (χ3v) is 2.36. The Kier molecular flexibility index (Phi) is 4.76. The Morgan fingerprint density at radius 3 is 2.68 bits per heavy atom. The predicted molar refractivity (Wildman–Crippen MR) is 63.0 cm³/mol. The van der Waals surface area contributed by atoms with E-state index in [0.29, 0.717) is 4.47 Å². The molecule has 1 aromatic rings. The largest absolute Gasteiger partial charge is 0.502 e. The van der Waals surface area contributed by atoms with Crippen LogP contribution in [0.2, 0.25) is 0 Å². The highest BCUT2D eigenvalue weighted by Crippen LogP contribution is 2.33. The molecule has 0 aliphatic heterocycles. The number of nitro benzene ring substituents is 1. The lowest BCUT2D eigenvalue weighted by molar-refractivity contribution is -0.387. The van der Waals surface area contributed by atoms with Gasteiger partial charge in [0, 0.05) is 10.5 Å². The van der Waals surface area contributed by atoms with Crippen LogP contribution in [0.5, 0.6) is 5.75 Å². The lowest BCUT2D eigenvalue weighted by Crippen LogP contribution is -2.37. The Bertz CT molecular complexity index is 509. The van der Waals surface area contributed by atoms with Crippen molar-refractivity contribution in [3.8, 4) is 5.75 Å². The average molecular weight is 340 g/mol.